The second-order valence-electron chi connectivity index (χ2n) is 7.38. The number of anilines is 2. The highest BCUT2D eigenvalue weighted by Crippen LogP contribution is 2.30. The number of hydrogen-bond acceptors (Lipinski definition) is 9. The number of ketones is 1. The number of thioether (sulfide) groups is 1. The first kappa shape index (κ1) is 24.8. The van der Waals surface area contributed by atoms with Gasteiger partial charge in [-0.05, 0) is 17.9 Å². The minimum absolute atomic E-state index is 0.0590. The molecule has 0 spiro atoms. The number of benzene rings is 1. The zero-order valence-corrected chi connectivity index (χ0v) is 18.7. The van der Waals surface area contributed by atoms with E-state index in [-0.39, 0.29) is 41.6 Å². The van der Waals surface area contributed by atoms with E-state index in [4.69, 9.17) is 10.5 Å². The van der Waals surface area contributed by atoms with Gasteiger partial charge in [0.2, 0.25) is 5.95 Å². The van der Waals surface area contributed by atoms with Crippen LogP contribution in [-0.2, 0) is 22.1 Å². The molecule has 2 heterocycles. The van der Waals surface area contributed by atoms with E-state index >= 15 is 0 Å². The van der Waals surface area contributed by atoms with Gasteiger partial charge in [0.25, 0.3) is 0 Å². The number of carbonyl (C=O) groups is 1. The van der Waals surface area contributed by atoms with E-state index < -0.39 is 17.8 Å². The number of Topliss-reactive ketones (excluding diaryl/α,β-unsaturated/α-hetero) is 1. The van der Waals surface area contributed by atoms with Crippen molar-refractivity contribution < 1.29 is 22.7 Å². The number of ether oxygens (including phenoxy) is 1. The van der Waals surface area contributed by atoms with Gasteiger partial charge in [0.15, 0.2) is 11.6 Å². The summed E-state index contributed by atoms with van der Waals surface area (Å²) in [5.74, 6) is -0.283. The van der Waals surface area contributed by atoms with Crippen molar-refractivity contribution in [2.45, 2.75) is 23.7 Å². The quantitative estimate of drug-likeness (QED) is 0.434. The molecular weight excluding hydrogens is 457 g/mol. The van der Waals surface area contributed by atoms with Gasteiger partial charge < -0.3 is 15.8 Å². The van der Waals surface area contributed by atoms with Gasteiger partial charge >= 0.3 is 6.18 Å². The van der Waals surface area contributed by atoms with Crippen molar-refractivity contribution in [3.05, 3.63) is 41.0 Å². The normalized spacial score (nSPS) is 15.6. The number of carbonyl (C=O) groups excluding carboxylic acids is 1. The van der Waals surface area contributed by atoms with Crippen molar-refractivity contribution in [2.24, 2.45) is 0 Å². The number of alkyl halides is 3. The van der Waals surface area contributed by atoms with Crippen molar-refractivity contribution in [3.8, 4) is 6.07 Å². The molecule has 0 amide bonds. The molecule has 1 atom stereocenters. The molecule has 12 heteroatoms. The van der Waals surface area contributed by atoms with Gasteiger partial charge in [-0.2, -0.15) is 23.4 Å². The van der Waals surface area contributed by atoms with Crippen molar-refractivity contribution in [1.29, 1.82) is 5.26 Å². The Labute approximate surface area is 193 Å². The van der Waals surface area contributed by atoms with Crippen LogP contribution in [0.3, 0.4) is 0 Å². The first-order valence-electron chi connectivity index (χ1n) is 10.1. The van der Waals surface area contributed by atoms with Crippen molar-refractivity contribution in [2.75, 3.05) is 50.2 Å². The summed E-state index contributed by atoms with van der Waals surface area (Å²) in [6, 6.07) is 5.88. The van der Waals surface area contributed by atoms with Crippen molar-refractivity contribution in [1.82, 2.24) is 14.9 Å². The maximum Gasteiger partial charge on any atom is 0.416 e. The molecular formula is C21H23F3N6O2S. The first-order chi connectivity index (χ1) is 15.7. The molecule has 1 aromatic carbocycles. The van der Waals surface area contributed by atoms with Crippen LogP contribution in [0.2, 0.25) is 0 Å². The number of nitrogens with zero attached hydrogens (tertiary/aromatic N) is 4. The minimum atomic E-state index is -4.50. The van der Waals surface area contributed by atoms with Crippen LogP contribution in [0.1, 0.15) is 16.7 Å². The highest BCUT2D eigenvalue weighted by molar-refractivity contribution is 7.98. The standard InChI is InChI=1S/C21H23F3N6O2S/c1-33-19-15(11-25)18(28-20(26)29-19)27-16(12-30-5-7-32-8-6-30)17(31)10-13-3-2-4-14(9-13)21(22,23)24/h2-4,9,16H,5-8,10,12H2,1H3,(H3,26,27,28,29)/t16-/m0/s1. The Kier molecular flexibility index (Phi) is 8.12. The molecule has 0 aliphatic carbocycles. The number of nitrogens with two attached hydrogens (primary N) is 1. The molecule has 33 heavy (non-hydrogen) atoms. The fraction of sp³-hybridized carbons (Fsp3) is 0.429. The third kappa shape index (κ3) is 6.56. The van der Waals surface area contributed by atoms with Gasteiger partial charge in [0, 0.05) is 26.1 Å². The number of nitrogen functional groups attached to an aromatic ring is 1. The van der Waals surface area contributed by atoms with Crippen molar-refractivity contribution >= 4 is 29.3 Å². The van der Waals surface area contributed by atoms with E-state index in [2.05, 4.69) is 15.3 Å². The van der Waals surface area contributed by atoms with Gasteiger partial charge in [0.05, 0.1) is 24.8 Å². The fourth-order valence-electron chi connectivity index (χ4n) is 3.43. The minimum Gasteiger partial charge on any atom is -0.379 e. The lowest BCUT2D eigenvalue weighted by molar-refractivity contribution is -0.137. The molecule has 1 aliphatic heterocycles. The summed E-state index contributed by atoms with van der Waals surface area (Å²) in [5.41, 5.74) is 5.35. The Bertz CT molecular complexity index is 1040. The molecule has 1 fully saturated rings. The topological polar surface area (TPSA) is 117 Å². The molecule has 1 aromatic heterocycles. The van der Waals surface area contributed by atoms with Gasteiger partial charge in [0.1, 0.15) is 16.7 Å². The van der Waals surface area contributed by atoms with Crippen LogP contribution in [0, 0.1) is 11.3 Å². The number of aromatic nitrogens is 2. The molecule has 8 nitrogen and oxygen atoms in total. The maximum atomic E-state index is 13.2. The number of nitrogens with one attached hydrogen (secondary N) is 1. The third-order valence-corrected chi connectivity index (χ3v) is 5.76. The molecule has 1 aliphatic rings. The number of rotatable bonds is 8. The van der Waals surface area contributed by atoms with E-state index in [1.165, 1.54) is 23.9 Å². The maximum absolute atomic E-state index is 13.2. The summed E-state index contributed by atoms with van der Waals surface area (Å²) in [5, 5.41) is 13.0. The van der Waals surface area contributed by atoms with Crippen LogP contribution in [0.15, 0.2) is 29.3 Å². The Balaban J connectivity index is 1.88. The van der Waals surface area contributed by atoms with E-state index in [1.54, 1.807) is 6.26 Å². The largest absolute Gasteiger partial charge is 0.416 e. The van der Waals surface area contributed by atoms with Crippen LogP contribution < -0.4 is 11.1 Å². The molecule has 3 rings (SSSR count). The van der Waals surface area contributed by atoms with Crippen LogP contribution in [0.4, 0.5) is 24.9 Å². The zero-order chi connectivity index (χ0) is 24.0. The Hall–Kier alpha value is -2.88. The molecule has 0 unspecified atom stereocenters. The smallest absolute Gasteiger partial charge is 0.379 e. The van der Waals surface area contributed by atoms with Crippen LogP contribution in [0.25, 0.3) is 0 Å². The van der Waals surface area contributed by atoms with Crippen LogP contribution >= 0.6 is 11.8 Å². The second kappa shape index (κ2) is 10.8. The first-order valence-corrected chi connectivity index (χ1v) is 11.3. The SMILES string of the molecule is CSc1nc(N)nc(N[C@@H](CN2CCOCC2)C(=O)Cc2cccc(C(F)(F)F)c2)c1C#N. The average Bonchev–Trinajstić information content (AvgIpc) is 2.78. The summed E-state index contributed by atoms with van der Waals surface area (Å²) in [4.78, 5) is 23.4. The molecule has 176 valence electrons. The molecule has 1 saturated heterocycles. The predicted octanol–water partition coefficient (Wildman–Crippen LogP) is 2.60. The second-order valence-corrected chi connectivity index (χ2v) is 8.17. The lowest BCUT2D eigenvalue weighted by Gasteiger charge is -2.30. The predicted molar refractivity (Wildman–Crippen MR) is 118 cm³/mol. The fourth-order valence-corrected chi connectivity index (χ4v) is 3.96. The lowest BCUT2D eigenvalue weighted by atomic mass is 10.0. The van der Waals surface area contributed by atoms with Crippen molar-refractivity contribution in [3.63, 3.8) is 0 Å². The highest BCUT2D eigenvalue weighted by Gasteiger charge is 2.31. The van der Waals surface area contributed by atoms with Gasteiger partial charge in [-0.15, -0.1) is 11.8 Å². The summed E-state index contributed by atoms with van der Waals surface area (Å²) in [7, 11) is 0. The summed E-state index contributed by atoms with van der Waals surface area (Å²) >= 11 is 1.21. The third-order valence-electron chi connectivity index (χ3n) is 5.08. The number of hydrogen-bond donors (Lipinski definition) is 2. The van der Waals surface area contributed by atoms with E-state index in [1.807, 2.05) is 11.0 Å². The van der Waals surface area contributed by atoms with E-state index in [0.29, 0.717) is 31.3 Å². The molecule has 0 saturated carbocycles. The molecule has 2 aromatic rings. The van der Waals surface area contributed by atoms with Crippen LogP contribution in [-0.4, -0.2) is 65.8 Å². The Morgan fingerprint density at radius 3 is 2.73 bits per heavy atom. The molecule has 0 bridgehead atoms. The summed E-state index contributed by atoms with van der Waals surface area (Å²) in [6.45, 7) is 2.48. The van der Waals surface area contributed by atoms with Gasteiger partial charge in [-0.25, -0.2) is 4.98 Å². The summed E-state index contributed by atoms with van der Waals surface area (Å²) < 4.78 is 44.6. The van der Waals surface area contributed by atoms with E-state index in [0.717, 1.165) is 12.1 Å². The highest BCUT2D eigenvalue weighted by atomic mass is 32.2. The summed E-state index contributed by atoms with van der Waals surface area (Å²) in [6.07, 6.45) is -2.99. The van der Waals surface area contributed by atoms with E-state index in [9.17, 15) is 23.2 Å². The molecule has 3 N–H and O–H groups in total. The van der Waals surface area contributed by atoms with Gasteiger partial charge in [-0.3, -0.25) is 9.69 Å². The Morgan fingerprint density at radius 1 is 1.36 bits per heavy atom. The monoisotopic (exact) mass is 480 g/mol. The average molecular weight is 481 g/mol. The zero-order valence-electron chi connectivity index (χ0n) is 17.9. The Morgan fingerprint density at radius 2 is 2.09 bits per heavy atom. The lowest BCUT2D eigenvalue weighted by Crippen LogP contribution is -2.47. The number of nitriles is 1. The molecule has 0 radical (unpaired) electrons. The number of morpholine rings is 1. The van der Waals surface area contributed by atoms with Gasteiger partial charge in [-0.1, -0.05) is 18.2 Å². The van der Waals surface area contributed by atoms with Crippen LogP contribution in [0.5, 0.6) is 0 Å². The number of halogens is 3.